The molecule has 1 N–H and O–H groups in total. The molecule has 2 aromatic rings. The van der Waals surface area contributed by atoms with Gasteiger partial charge in [0, 0.05) is 23.4 Å². The van der Waals surface area contributed by atoms with Crippen LogP contribution in [-0.2, 0) is 16.8 Å². The Morgan fingerprint density at radius 3 is 2.62 bits per heavy atom. The number of ketones is 1. The highest BCUT2D eigenvalue weighted by Crippen LogP contribution is 2.37. The average molecular weight is 281 g/mol. The lowest BCUT2D eigenvalue weighted by atomic mass is 9.85. The van der Waals surface area contributed by atoms with Gasteiger partial charge >= 0.3 is 0 Å². The molecule has 0 aliphatic carbocycles. The van der Waals surface area contributed by atoms with E-state index in [1.165, 1.54) is 0 Å². The van der Waals surface area contributed by atoms with Crippen LogP contribution in [0.15, 0.2) is 48.8 Å². The number of Topliss-reactive ketones (excluding diaryl/α,β-unsaturated/α-hetero) is 1. The number of carbonyl (C=O) groups is 2. The van der Waals surface area contributed by atoms with Gasteiger partial charge < -0.3 is 5.32 Å². The molecule has 1 aliphatic rings. The Morgan fingerprint density at radius 1 is 1.19 bits per heavy atom. The molecule has 0 saturated heterocycles. The molecule has 1 aromatic heterocycles. The van der Waals surface area contributed by atoms with Crippen molar-refractivity contribution in [1.29, 1.82) is 0 Å². The van der Waals surface area contributed by atoms with Gasteiger partial charge in [0.25, 0.3) is 0 Å². The second-order valence-corrected chi connectivity index (χ2v) is 5.81. The third-order valence-corrected chi connectivity index (χ3v) is 3.93. The Hall–Kier alpha value is -2.49. The Kier molecular flexibility index (Phi) is 3.09. The van der Waals surface area contributed by atoms with Crippen molar-refractivity contribution >= 4 is 17.4 Å². The molecule has 0 saturated carbocycles. The van der Waals surface area contributed by atoms with Crippen LogP contribution in [0, 0.1) is 0 Å². The largest absolute Gasteiger partial charge is 0.325 e. The highest BCUT2D eigenvalue weighted by atomic mass is 16.2. The normalized spacial score (nSPS) is 15.4. The number of hydrogen-bond acceptors (Lipinski definition) is 2. The van der Waals surface area contributed by atoms with Gasteiger partial charge in [-0.05, 0) is 37.6 Å². The minimum atomic E-state index is -0.592. The van der Waals surface area contributed by atoms with Crippen molar-refractivity contribution in [1.82, 2.24) is 0 Å². The summed E-state index contributed by atoms with van der Waals surface area (Å²) < 4.78 is 1.84. The molecule has 21 heavy (non-hydrogen) atoms. The molecular formula is C17H17N2O2+. The lowest BCUT2D eigenvalue weighted by Gasteiger charge is -2.15. The van der Waals surface area contributed by atoms with Gasteiger partial charge in [-0.2, -0.15) is 4.57 Å². The zero-order valence-electron chi connectivity index (χ0n) is 12.1. The maximum atomic E-state index is 12.4. The predicted molar refractivity (Wildman–Crippen MR) is 79.1 cm³/mol. The van der Waals surface area contributed by atoms with Gasteiger partial charge in [0.05, 0.1) is 5.41 Å². The molecule has 4 nitrogen and oxygen atoms in total. The molecule has 1 amide bonds. The number of anilines is 1. The van der Waals surface area contributed by atoms with Crippen molar-refractivity contribution in [2.24, 2.45) is 0 Å². The fourth-order valence-corrected chi connectivity index (χ4v) is 2.54. The monoisotopic (exact) mass is 281 g/mol. The summed E-state index contributed by atoms with van der Waals surface area (Å²) in [5.74, 6) is 0.00341. The molecule has 0 spiro atoms. The lowest BCUT2D eigenvalue weighted by molar-refractivity contribution is -0.683. The Balaban J connectivity index is 1.90. The van der Waals surface area contributed by atoms with Gasteiger partial charge in [0.15, 0.2) is 12.4 Å². The number of carbonyl (C=O) groups excluding carboxylic acids is 2. The van der Waals surface area contributed by atoms with E-state index in [2.05, 4.69) is 5.32 Å². The number of fused-ring (bicyclic) bond motifs is 1. The molecule has 1 aliphatic heterocycles. The topological polar surface area (TPSA) is 50.1 Å². The van der Waals surface area contributed by atoms with E-state index in [0.29, 0.717) is 12.1 Å². The maximum Gasteiger partial charge on any atom is 0.234 e. The van der Waals surface area contributed by atoms with Crippen LogP contribution in [0.1, 0.15) is 29.8 Å². The highest BCUT2D eigenvalue weighted by molar-refractivity contribution is 6.07. The Bertz CT molecular complexity index is 721. The van der Waals surface area contributed by atoms with E-state index >= 15 is 0 Å². The second kappa shape index (κ2) is 4.81. The first-order chi connectivity index (χ1) is 9.98. The molecule has 0 unspecified atom stereocenters. The SMILES string of the molecule is CC1(C)C(=O)Nc2ccc(C(=O)C[n+]3ccccc3)cc21. The van der Waals surface area contributed by atoms with E-state index < -0.39 is 5.41 Å². The molecule has 0 bridgehead atoms. The molecule has 106 valence electrons. The van der Waals surface area contributed by atoms with Gasteiger partial charge in [-0.1, -0.05) is 6.07 Å². The zero-order chi connectivity index (χ0) is 15.0. The number of nitrogens with zero attached hydrogens (tertiary/aromatic N) is 1. The molecule has 0 atom stereocenters. The van der Waals surface area contributed by atoms with Crippen molar-refractivity contribution in [2.75, 3.05) is 5.32 Å². The minimum absolute atomic E-state index is 0.0282. The Morgan fingerprint density at radius 2 is 1.90 bits per heavy atom. The first-order valence-electron chi connectivity index (χ1n) is 6.92. The molecule has 0 radical (unpaired) electrons. The lowest BCUT2D eigenvalue weighted by Crippen LogP contribution is -2.36. The van der Waals surface area contributed by atoms with Crippen LogP contribution >= 0.6 is 0 Å². The molecule has 3 rings (SSSR count). The smallest absolute Gasteiger partial charge is 0.234 e. The van der Waals surface area contributed by atoms with E-state index in [-0.39, 0.29) is 11.7 Å². The number of hydrogen-bond donors (Lipinski definition) is 1. The molecule has 1 aromatic carbocycles. The van der Waals surface area contributed by atoms with E-state index in [9.17, 15) is 9.59 Å². The van der Waals surface area contributed by atoms with Crippen LogP contribution in [0.5, 0.6) is 0 Å². The number of amides is 1. The van der Waals surface area contributed by atoms with Crippen LogP contribution in [0.4, 0.5) is 5.69 Å². The Labute approximate surface area is 123 Å². The van der Waals surface area contributed by atoms with Crippen LogP contribution in [-0.4, -0.2) is 11.7 Å². The van der Waals surface area contributed by atoms with Gasteiger partial charge in [-0.25, -0.2) is 0 Å². The fourth-order valence-electron chi connectivity index (χ4n) is 2.54. The molecule has 2 heterocycles. The van der Waals surface area contributed by atoms with Gasteiger partial charge in [-0.15, -0.1) is 0 Å². The first kappa shape index (κ1) is 13.5. The van der Waals surface area contributed by atoms with E-state index in [0.717, 1.165) is 11.3 Å². The summed E-state index contributed by atoms with van der Waals surface area (Å²) in [6.07, 6.45) is 3.72. The van der Waals surface area contributed by atoms with Crippen molar-refractivity contribution in [3.8, 4) is 0 Å². The van der Waals surface area contributed by atoms with Crippen LogP contribution in [0.25, 0.3) is 0 Å². The van der Waals surface area contributed by atoms with Crippen LogP contribution in [0.2, 0.25) is 0 Å². The van der Waals surface area contributed by atoms with E-state index in [1.54, 1.807) is 6.07 Å². The van der Waals surface area contributed by atoms with E-state index in [4.69, 9.17) is 0 Å². The molecule has 0 fully saturated rings. The van der Waals surface area contributed by atoms with Gasteiger partial charge in [-0.3, -0.25) is 9.59 Å². The third-order valence-electron chi connectivity index (χ3n) is 3.93. The van der Waals surface area contributed by atoms with Crippen molar-refractivity contribution in [3.63, 3.8) is 0 Å². The van der Waals surface area contributed by atoms with Gasteiger partial charge in [0.2, 0.25) is 18.2 Å². The summed E-state index contributed by atoms with van der Waals surface area (Å²) in [6.45, 7) is 4.03. The standard InChI is InChI=1S/C17H16N2O2/c1-17(2)13-10-12(6-7-14(13)18-16(17)21)15(20)11-19-8-4-3-5-9-19/h3-10H,11H2,1-2H3/p+1. The summed E-state index contributed by atoms with van der Waals surface area (Å²) in [5, 5.41) is 2.85. The number of aromatic nitrogens is 1. The van der Waals surface area contributed by atoms with Gasteiger partial charge in [0.1, 0.15) is 0 Å². The number of pyridine rings is 1. The van der Waals surface area contributed by atoms with Crippen molar-refractivity contribution < 1.29 is 14.2 Å². The van der Waals surface area contributed by atoms with Crippen LogP contribution < -0.4 is 9.88 Å². The maximum absolute atomic E-state index is 12.4. The first-order valence-corrected chi connectivity index (χ1v) is 6.92. The zero-order valence-corrected chi connectivity index (χ0v) is 12.1. The van der Waals surface area contributed by atoms with Crippen molar-refractivity contribution in [3.05, 3.63) is 59.9 Å². The number of nitrogens with one attached hydrogen (secondary N) is 1. The average Bonchev–Trinajstić information content (AvgIpc) is 2.70. The highest BCUT2D eigenvalue weighted by Gasteiger charge is 2.38. The molecular weight excluding hydrogens is 264 g/mol. The summed E-state index contributed by atoms with van der Waals surface area (Å²) in [7, 11) is 0. The minimum Gasteiger partial charge on any atom is -0.325 e. The fraction of sp³-hybridized carbons (Fsp3) is 0.235. The summed E-state index contributed by atoms with van der Waals surface area (Å²) in [6, 6.07) is 11.1. The predicted octanol–water partition coefficient (Wildman–Crippen LogP) is 2.09. The summed E-state index contributed by atoms with van der Waals surface area (Å²) in [4.78, 5) is 24.3. The summed E-state index contributed by atoms with van der Waals surface area (Å²) in [5.41, 5.74) is 1.73. The quantitative estimate of drug-likeness (QED) is 0.692. The second-order valence-electron chi connectivity index (χ2n) is 5.81. The van der Waals surface area contributed by atoms with E-state index in [1.807, 2.05) is 61.1 Å². The summed E-state index contributed by atoms with van der Waals surface area (Å²) >= 11 is 0. The van der Waals surface area contributed by atoms with Crippen LogP contribution in [0.3, 0.4) is 0 Å². The molecule has 4 heteroatoms. The third kappa shape index (κ3) is 2.33. The number of benzene rings is 1. The van der Waals surface area contributed by atoms with Crippen molar-refractivity contribution in [2.45, 2.75) is 25.8 Å². The number of rotatable bonds is 3.